The van der Waals surface area contributed by atoms with Gasteiger partial charge in [-0.15, -0.1) is 0 Å². The summed E-state index contributed by atoms with van der Waals surface area (Å²) in [6.07, 6.45) is 0.928. The van der Waals surface area contributed by atoms with E-state index >= 15 is 0 Å². The van der Waals surface area contributed by atoms with Gasteiger partial charge in [-0.05, 0) is 24.1 Å². The fraction of sp³-hybridized carbons (Fsp3) is 0.462. The molecule has 2 amide bonds. The molecule has 5 nitrogen and oxygen atoms in total. The normalized spacial score (nSPS) is 12.9. The number of rotatable bonds is 4. The van der Waals surface area contributed by atoms with Crippen molar-refractivity contribution >= 4 is 6.03 Å². The van der Waals surface area contributed by atoms with Gasteiger partial charge in [-0.3, -0.25) is 0 Å². The lowest BCUT2D eigenvalue weighted by atomic mass is 10.2. The smallest absolute Gasteiger partial charge is 0.315 e. The first-order valence-electron chi connectivity index (χ1n) is 6.20. The van der Waals surface area contributed by atoms with Gasteiger partial charge < -0.3 is 20.1 Å². The Bertz CT molecular complexity index is 421. The van der Waals surface area contributed by atoms with Crippen LogP contribution in [0.1, 0.15) is 18.9 Å². The first-order valence-corrected chi connectivity index (χ1v) is 6.20. The number of ether oxygens (including phenoxy) is 2. The molecule has 0 aliphatic carbocycles. The van der Waals surface area contributed by atoms with Crippen molar-refractivity contribution < 1.29 is 14.3 Å². The molecule has 0 aromatic heterocycles. The fourth-order valence-electron chi connectivity index (χ4n) is 1.68. The van der Waals surface area contributed by atoms with E-state index in [1.807, 2.05) is 25.1 Å². The second-order valence-corrected chi connectivity index (χ2v) is 4.09. The third kappa shape index (κ3) is 3.29. The molecule has 1 aliphatic heterocycles. The zero-order valence-corrected chi connectivity index (χ0v) is 10.5. The molecule has 0 bridgehead atoms. The first kappa shape index (κ1) is 12.5. The van der Waals surface area contributed by atoms with Crippen LogP contribution in [0.3, 0.4) is 0 Å². The topological polar surface area (TPSA) is 59.6 Å². The molecule has 0 spiro atoms. The summed E-state index contributed by atoms with van der Waals surface area (Å²) in [7, 11) is 0. The second kappa shape index (κ2) is 6.14. The molecule has 18 heavy (non-hydrogen) atoms. The summed E-state index contributed by atoms with van der Waals surface area (Å²) >= 11 is 0. The summed E-state index contributed by atoms with van der Waals surface area (Å²) in [5.41, 5.74) is 0.992. The standard InChI is InChI=1S/C13H18N2O3/c1-2-5-14-13(16)15-9-10-3-4-11-12(8-10)18-7-6-17-11/h3-4,8H,2,5-7,9H2,1H3,(H2,14,15,16). The predicted molar refractivity (Wildman–Crippen MR) is 68.0 cm³/mol. The first-order chi connectivity index (χ1) is 8.79. The van der Waals surface area contributed by atoms with Gasteiger partial charge in [0.15, 0.2) is 11.5 Å². The van der Waals surface area contributed by atoms with Crippen LogP contribution in [-0.2, 0) is 6.54 Å². The molecular formula is C13H18N2O3. The van der Waals surface area contributed by atoms with E-state index in [9.17, 15) is 4.79 Å². The summed E-state index contributed by atoms with van der Waals surface area (Å²) < 4.78 is 10.9. The van der Waals surface area contributed by atoms with E-state index in [1.54, 1.807) is 0 Å². The highest BCUT2D eigenvalue weighted by molar-refractivity contribution is 5.73. The molecule has 0 saturated heterocycles. The molecular weight excluding hydrogens is 232 g/mol. The average Bonchev–Trinajstić information content (AvgIpc) is 2.42. The highest BCUT2D eigenvalue weighted by Crippen LogP contribution is 2.30. The summed E-state index contributed by atoms with van der Waals surface area (Å²) in [4.78, 5) is 11.4. The number of carbonyl (C=O) groups is 1. The zero-order valence-electron chi connectivity index (χ0n) is 10.5. The van der Waals surface area contributed by atoms with Crippen molar-refractivity contribution in [3.8, 4) is 11.5 Å². The maximum atomic E-state index is 11.4. The van der Waals surface area contributed by atoms with Crippen LogP contribution in [0, 0.1) is 0 Å². The molecule has 5 heteroatoms. The van der Waals surface area contributed by atoms with Crippen LogP contribution in [-0.4, -0.2) is 25.8 Å². The Morgan fingerprint density at radius 3 is 2.78 bits per heavy atom. The summed E-state index contributed by atoms with van der Waals surface area (Å²) in [6, 6.07) is 5.55. The number of carbonyl (C=O) groups excluding carboxylic acids is 1. The minimum atomic E-state index is -0.147. The maximum Gasteiger partial charge on any atom is 0.315 e. The van der Waals surface area contributed by atoms with Gasteiger partial charge in [-0.2, -0.15) is 0 Å². The van der Waals surface area contributed by atoms with E-state index < -0.39 is 0 Å². The summed E-state index contributed by atoms with van der Waals surface area (Å²) in [5.74, 6) is 1.51. The molecule has 0 saturated carbocycles. The monoisotopic (exact) mass is 250 g/mol. The lowest BCUT2D eigenvalue weighted by Gasteiger charge is -2.19. The van der Waals surface area contributed by atoms with Gasteiger partial charge in [0.05, 0.1) is 0 Å². The second-order valence-electron chi connectivity index (χ2n) is 4.09. The van der Waals surface area contributed by atoms with Gasteiger partial charge in [0.25, 0.3) is 0 Å². The molecule has 2 N–H and O–H groups in total. The number of urea groups is 1. The van der Waals surface area contributed by atoms with E-state index in [-0.39, 0.29) is 6.03 Å². The number of fused-ring (bicyclic) bond motifs is 1. The molecule has 0 atom stereocenters. The van der Waals surface area contributed by atoms with Crippen molar-refractivity contribution in [1.29, 1.82) is 0 Å². The van der Waals surface area contributed by atoms with Gasteiger partial charge in [-0.25, -0.2) is 4.79 Å². The van der Waals surface area contributed by atoms with E-state index in [0.717, 1.165) is 23.5 Å². The maximum absolute atomic E-state index is 11.4. The van der Waals surface area contributed by atoms with E-state index in [0.29, 0.717) is 26.3 Å². The Labute approximate surface area is 106 Å². The Morgan fingerprint density at radius 1 is 1.22 bits per heavy atom. The van der Waals surface area contributed by atoms with Crippen LogP contribution in [0.25, 0.3) is 0 Å². The molecule has 0 radical (unpaired) electrons. The van der Waals surface area contributed by atoms with E-state index in [4.69, 9.17) is 9.47 Å². The van der Waals surface area contributed by atoms with Gasteiger partial charge in [0.2, 0.25) is 0 Å². The number of hydrogen-bond acceptors (Lipinski definition) is 3. The SMILES string of the molecule is CCCNC(=O)NCc1ccc2c(c1)OCCO2. The highest BCUT2D eigenvalue weighted by Gasteiger charge is 2.11. The van der Waals surface area contributed by atoms with Crippen molar-refractivity contribution in [3.63, 3.8) is 0 Å². The highest BCUT2D eigenvalue weighted by atomic mass is 16.6. The Balaban J connectivity index is 1.88. The van der Waals surface area contributed by atoms with Gasteiger partial charge in [0.1, 0.15) is 13.2 Å². The van der Waals surface area contributed by atoms with Crippen LogP contribution in [0.2, 0.25) is 0 Å². The zero-order chi connectivity index (χ0) is 12.8. The summed E-state index contributed by atoms with van der Waals surface area (Å²) in [5, 5.41) is 5.55. The van der Waals surface area contributed by atoms with E-state index in [2.05, 4.69) is 10.6 Å². The van der Waals surface area contributed by atoms with Crippen molar-refractivity contribution in [2.75, 3.05) is 19.8 Å². The van der Waals surface area contributed by atoms with Crippen LogP contribution in [0.15, 0.2) is 18.2 Å². The van der Waals surface area contributed by atoms with Gasteiger partial charge in [0, 0.05) is 13.1 Å². The molecule has 1 aromatic rings. The van der Waals surface area contributed by atoms with Gasteiger partial charge in [-0.1, -0.05) is 13.0 Å². The predicted octanol–water partition coefficient (Wildman–Crippen LogP) is 1.67. The molecule has 0 unspecified atom stereocenters. The minimum absolute atomic E-state index is 0.147. The lowest BCUT2D eigenvalue weighted by Crippen LogP contribution is -2.35. The molecule has 98 valence electrons. The van der Waals surface area contributed by atoms with Gasteiger partial charge >= 0.3 is 6.03 Å². The Hall–Kier alpha value is -1.91. The van der Waals surface area contributed by atoms with Crippen LogP contribution >= 0.6 is 0 Å². The molecule has 0 fully saturated rings. The summed E-state index contributed by atoms with van der Waals surface area (Å²) in [6.45, 7) is 4.34. The van der Waals surface area contributed by atoms with Crippen molar-refractivity contribution in [2.24, 2.45) is 0 Å². The van der Waals surface area contributed by atoms with Crippen LogP contribution < -0.4 is 20.1 Å². The van der Waals surface area contributed by atoms with Crippen LogP contribution in [0.5, 0.6) is 11.5 Å². The number of benzene rings is 1. The number of amides is 2. The van der Waals surface area contributed by atoms with Crippen molar-refractivity contribution in [3.05, 3.63) is 23.8 Å². The third-order valence-corrected chi connectivity index (χ3v) is 2.60. The molecule has 1 heterocycles. The third-order valence-electron chi connectivity index (χ3n) is 2.60. The Kier molecular flexibility index (Phi) is 4.28. The Morgan fingerprint density at radius 2 is 2.00 bits per heavy atom. The quantitative estimate of drug-likeness (QED) is 0.854. The lowest BCUT2D eigenvalue weighted by molar-refractivity contribution is 0.171. The molecule has 2 rings (SSSR count). The number of hydrogen-bond donors (Lipinski definition) is 2. The largest absolute Gasteiger partial charge is 0.486 e. The fourth-order valence-corrected chi connectivity index (χ4v) is 1.68. The number of nitrogens with one attached hydrogen (secondary N) is 2. The molecule has 1 aromatic carbocycles. The van der Waals surface area contributed by atoms with Crippen LogP contribution in [0.4, 0.5) is 4.79 Å². The molecule has 1 aliphatic rings. The minimum Gasteiger partial charge on any atom is -0.486 e. The van der Waals surface area contributed by atoms with E-state index in [1.165, 1.54) is 0 Å². The van der Waals surface area contributed by atoms with Crippen molar-refractivity contribution in [2.45, 2.75) is 19.9 Å². The average molecular weight is 250 g/mol. The van der Waals surface area contributed by atoms with Crippen molar-refractivity contribution in [1.82, 2.24) is 10.6 Å².